The van der Waals surface area contributed by atoms with Gasteiger partial charge in [-0.2, -0.15) is 0 Å². The van der Waals surface area contributed by atoms with Gasteiger partial charge in [-0.15, -0.1) is 0 Å². The molecule has 2 rings (SSSR count). The summed E-state index contributed by atoms with van der Waals surface area (Å²) in [5, 5.41) is 0. The van der Waals surface area contributed by atoms with Gasteiger partial charge in [0.1, 0.15) is 0 Å². The van der Waals surface area contributed by atoms with E-state index in [0.29, 0.717) is 11.0 Å². The van der Waals surface area contributed by atoms with E-state index in [1.54, 1.807) is 0 Å². The molecule has 0 aliphatic carbocycles. The molecule has 0 amide bonds. The predicted molar refractivity (Wildman–Crippen MR) is 111 cm³/mol. The number of hydrogen-bond donors (Lipinski definition) is 0. The molecule has 2 heteroatoms. The van der Waals surface area contributed by atoms with Gasteiger partial charge in [-0.25, -0.2) is 0 Å². The van der Waals surface area contributed by atoms with Crippen LogP contribution in [0.2, 0.25) is 0 Å². The quantitative estimate of drug-likeness (QED) is 0.644. The van der Waals surface area contributed by atoms with Crippen molar-refractivity contribution in [2.45, 2.75) is 99.1 Å². The molecular formula is C23H46N2. The molecule has 0 radical (unpaired) electrons. The van der Waals surface area contributed by atoms with Gasteiger partial charge in [0.2, 0.25) is 0 Å². The number of hydrogen-bond acceptors (Lipinski definition) is 2. The van der Waals surface area contributed by atoms with Crippen molar-refractivity contribution in [3.8, 4) is 0 Å². The summed E-state index contributed by atoms with van der Waals surface area (Å²) in [7, 11) is 0. The fraction of sp³-hybridized carbons (Fsp3) is 1.00. The highest BCUT2D eigenvalue weighted by Gasteiger charge is 2.44. The molecule has 2 nitrogen and oxygen atoms in total. The zero-order chi connectivity index (χ0) is 19.0. The van der Waals surface area contributed by atoms with Gasteiger partial charge in [-0.05, 0) is 77.0 Å². The minimum atomic E-state index is 0.285. The molecule has 4 atom stereocenters. The maximum Gasteiger partial charge on any atom is 0.0159 e. The number of nitrogens with zero attached hydrogens (tertiary/aromatic N) is 2. The lowest BCUT2D eigenvalue weighted by Crippen LogP contribution is -2.58. The molecule has 0 N–H and O–H groups in total. The Morgan fingerprint density at radius 3 is 2.08 bits per heavy atom. The van der Waals surface area contributed by atoms with Gasteiger partial charge in [-0.3, -0.25) is 9.80 Å². The molecule has 2 fully saturated rings. The topological polar surface area (TPSA) is 6.48 Å². The molecular weight excluding hydrogens is 304 g/mol. The first kappa shape index (κ1) is 21.2. The van der Waals surface area contributed by atoms with Crippen LogP contribution in [0.5, 0.6) is 0 Å². The lowest BCUT2D eigenvalue weighted by atomic mass is 9.69. The summed E-state index contributed by atoms with van der Waals surface area (Å²) in [5.74, 6) is 2.55. The average Bonchev–Trinajstić information content (AvgIpc) is 2.43. The van der Waals surface area contributed by atoms with Crippen LogP contribution < -0.4 is 0 Å². The van der Waals surface area contributed by atoms with Crippen molar-refractivity contribution < 1.29 is 0 Å². The summed E-state index contributed by atoms with van der Waals surface area (Å²) in [6, 6.07) is 0. The second kappa shape index (κ2) is 7.50. The average molecular weight is 351 g/mol. The molecule has 0 aromatic heterocycles. The van der Waals surface area contributed by atoms with Crippen LogP contribution in [-0.2, 0) is 0 Å². The van der Waals surface area contributed by atoms with Crippen LogP contribution in [0.1, 0.15) is 88.0 Å². The fourth-order valence-electron chi connectivity index (χ4n) is 5.94. The third-order valence-electron chi connectivity index (χ3n) is 6.93. The molecule has 4 unspecified atom stereocenters. The molecule has 148 valence electrons. The van der Waals surface area contributed by atoms with Crippen LogP contribution in [0.4, 0.5) is 0 Å². The Bertz CT molecular complexity index is 436. The van der Waals surface area contributed by atoms with E-state index in [2.05, 4.69) is 72.1 Å². The maximum atomic E-state index is 2.83. The van der Waals surface area contributed by atoms with E-state index in [9.17, 15) is 0 Å². The monoisotopic (exact) mass is 350 g/mol. The van der Waals surface area contributed by atoms with E-state index in [1.807, 2.05) is 0 Å². The van der Waals surface area contributed by atoms with Crippen LogP contribution in [0.25, 0.3) is 0 Å². The van der Waals surface area contributed by atoms with E-state index < -0.39 is 0 Å². The second-order valence-electron chi connectivity index (χ2n) is 11.7. The van der Waals surface area contributed by atoms with Gasteiger partial charge in [0.15, 0.2) is 0 Å². The molecule has 2 saturated heterocycles. The van der Waals surface area contributed by atoms with Crippen molar-refractivity contribution in [3.05, 3.63) is 0 Å². The Morgan fingerprint density at radius 2 is 1.52 bits per heavy atom. The number of likely N-dealkylation sites (tertiary alicyclic amines) is 2. The van der Waals surface area contributed by atoms with Crippen LogP contribution in [0.15, 0.2) is 0 Å². The third-order valence-corrected chi connectivity index (χ3v) is 6.93. The summed E-state index contributed by atoms with van der Waals surface area (Å²) < 4.78 is 0. The molecule has 0 saturated carbocycles. The van der Waals surface area contributed by atoms with Crippen LogP contribution in [-0.4, -0.2) is 47.1 Å². The minimum Gasteiger partial charge on any atom is -0.298 e. The first-order chi connectivity index (χ1) is 11.3. The highest BCUT2D eigenvalue weighted by molar-refractivity contribution is 4.98. The molecule has 0 spiro atoms. The Hall–Kier alpha value is -0.0800. The molecule has 2 heterocycles. The fourth-order valence-corrected chi connectivity index (χ4v) is 5.94. The van der Waals surface area contributed by atoms with E-state index in [0.717, 1.165) is 17.8 Å². The Kier molecular flexibility index (Phi) is 6.37. The van der Waals surface area contributed by atoms with Gasteiger partial charge in [0, 0.05) is 37.3 Å². The summed E-state index contributed by atoms with van der Waals surface area (Å²) >= 11 is 0. The van der Waals surface area contributed by atoms with Gasteiger partial charge in [-0.1, -0.05) is 34.1 Å². The van der Waals surface area contributed by atoms with Crippen LogP contribution in [0, 0.1) is 23.2 Å². The van der Waals surface area contributed by atoms with Crippen molar-refractivity contribution >= 4 is 0 Å². The predicted octanol–water partition coefficient (Wildman–Crippen LogP) is 5.67. The zero-order valence-corrected chi connectivity index (χ0v) is 18.8. The number of rotatable bonds is 4. The summed E-state index contributed by atoms with van der Waals surface area (Å²) in [6.45, 7) is 27.2. The smallest absolute Gasteiger partial charge is 0.0159 e. The Morgan fingerprint density at radius 1 is 0.920 bits per heavy atom. The van der Waals surface area contributed by atoms with Crippen molar-refractivity contribution in [2.24, 2.45) is 23.2 Å². The molecule has 25 heavy (non-hydrogen) atoms. The largest absolute Gasteiger partial charge is 0.298 e. The molecule has 2 aliphatic rings. The maximum absolute atomic E-state index is 2.83. The van der Waals surface area contributed by atoms with Gasteiger partial charge in [0.05, 0.1) is 0 Å². The van der Waals surface area contributed by atoms with E-state index in [1.165, 1.54) is 51.9 Å². The molecule has 0 aromatic rings. The third kappa shape index (κ3) is 5.45. The molecule has 2 aliphatic heterocycles. The van der Waals surface area contributed by atoms with Crippen molar-refractivity contribution in [2.75, 3.05) is 26.2 Å². The summed E-state index contributed by atoms with van der Waals surface area (Å²) in [6.07, 6.45) is 5.46. The lowest BCUT2D eigenvalue weighted by molar-refractivity contribution is -0.0404. The van der Waals surface area contributed by atoms with Crippen molar-refractivity contribution in [1.29, 1.82) is 0 Å². The van der Waals surface area contributed by atoms with Gasteiger partial charge < -0.3 is 0 Å². The highest BCUT2D eigenvalue weighted by Crippen LogP contribution is 2.43. The van der Waals surface area contributed by atoms with Crippen LogP contribution >= 0.6 is 0 Å². The zero-order valence-electron chi connectivity index (χ0n) is 18.8. The standard InChI is InChI=1S/C23H46N2/c1-10-20-11-18(2)13-24(15-20)22(7,8)16-23(9)12-19(3)14-25(17-23)21(4,5)6/h18-20H,10-17H2,1-9H3. The SMILES string of the molecule is CCC1CC(C)CN(C(C)(C)CC2(C)CC(C)CN(C(C)(C)C)C2)C1. The summed E-state index contributed by atoms with van der Waals surface area (Å²) in [4.78, 5) is 5.58. The van der Waals surface area contributed by atoms with E-state index >= 15 is 0 Å². The first-order valence-corrected chi connectivity index (χ1v) is 10.8. The van der Waals surface area contributed by atoms with E-state index in [4.69, 9.17) is 0 Å². The van der Waals surface area contributed by atoms with Gasteiger partial charge >= 0.3 is 0 Å². The lowest BCUT2D eigenvalue weighted by Gasteiger charge is -2.54. The first-order valence-electron chi connectivity index (χ1n) is 10.8. The minimum absolute atomic E-state index is 0.285. The van der Waals surface area contributed by atoms with Crippen molar-refractivity contribution in [3.63, 3.8) is 0 Å². The second-order valence-corrected chi connectivity index (χ2v) is 11.7. The normalized spacial score (nSPS) is 36.6. The highest BCUT2D eigenvalue weighted by atomic mass is 15.2. The summed E-state index contributed by atoms with van der Waals surface area (Å²) in [5.41, 5.74) is 1.02. The Balaban J connectivity index is 2.11. The van der Waals surface area contributed by atoms with Crippen molar-refractivity contribution in [1.82, 2.24) is 9.80 Å². The Labute approximate surface area is 158 Å². The molecule has 0 aromatic carbocycles. The van der Waals surface area contributed by atoms with E-state index in [-0.39, 0.29) is 5.54 Å². The number of piperidine rings is 2. The molecule has 0 bridgehead atoms. The van der Waals surface area contributed by atoms with Gasteiger partial charge in [0.25, 0.3) is 0 Å². The van der Waals surface area contributed by atoms with Crippen LogP contribution in [0.3, 0.4) is 0 Å².